The van der Waals surface area contributed by atoms with Crippen molar-refractivity contribution < 1.29 is 14.6 Å². The Balaban J connectivity index is 1.69. The average Bonchev–Trinajstić information content (AvgIpc) is 2.72. The van der Waals surface area contributed by atoms with Crippen LogP contribution < -0.4 is 10.1 Å². The fourth-order valence-electron chi connectivity index (χ4n) is 3.21. The average molecular weight is 372 g/mol. The SMILES string of the molecule is CCC(Oc1ccc(Nc2c3ccccc3nc3ccccc23)cc1)C(=O)O. The molecule has 1 unspecified atom stereocenters. The van der Waals surface area contributed by atoms with Crippen LogP contribution in [-0.2, 0) is 4.79 Å². The molecule has 5 nitrogen and oxygen atoms in total. The van der Waals surface area contributed by atoms with E-state index in [0.29, 0.717) is 12.2 Å². The Morgan fingerprint density at radius 2 is 1.54 bits per heavy atom. The molecule has 1 heterocycles. The third kappa shape index (κ3) is 3.47. The van der Waals surface area contributed by atoms with Gasteiger partial charge in [-0.1, -0.05) is 43.3 Å². The number of carbonyl (C=O) groups is 1. The molecule has 5 heteroatoms. The Hall–Kier alpha value is -3.60. The Morgan fingerprint density at radius 1 is 0.964 bits per heavy atom. The van der Waals surface area contributed by atoms with Crippen molar-refractivity contribution in [3.63, 3.8) is 0 Å². The van der Waals surface area contributed by atoms with Crippen molar-refractivity contribution in [1.29, 1.82) is 0 Å². The fraction of sp³-hybridized carbons (Fsp3) is 0.130. The lowest BCUT2D eigenvalue weighted by atomic mass is 10.1. The van der Waals surface area contributed by atoms with Gasteiger partial charge in [-0.15, -0.1) is 0 Å². The number of fused-ring (bicyclic) bond motifs is 2. The van der Waals surface area contributed by atoms with Crippen LogP contribution in [0.4, 0.5) is 11.4 Å². The van der Waals surface area contributed by atoms with Gasteiger partial charge in [-0.2, -0.15) is 0 Å². The number of ether oxygens (including phenoxy) is 1. The number of anilines is 2. The molecule has 0 aliphatic rings. The minimum absolute atomic E-state index is 0.407. The lowest BCUT2D eigenvalue weighted by Gasteiger charge is -2.15. The zero-order valence-electron chi connectivity index (χ0n) is 15.4. The van der Waals surface area contributed by atoms with Gasteiger partial charge in [0.25, 0.3) is 0 Å². The number of benzene rings is 3. The van der Waals surface area contributed by atoms with E-state index >= 15 is 0 Å². The number of nitrogens with zero attached hydrogens (tertiary/aromatic N) is 1. The van der Waals surface area contributed by atoms with Crippen molar-refractivity contribution in [3.05, 3.63) is 72.8 Å². The van der Waals surface area contributed by atoms with Crippen LogP contribution in [0.5, 0.6) is 5.75 Å². The number of pyridine rings is 1. The largest absolute Gasteiger partial charge is 0.479 e. The summed E-state index contributed by atoms with van der Waals surface area (Å²) in [6.07, 6.45) is -0.434. The van der Waals surface area contributed by atoms with Gasteiger partial charge in [0, 0.05) is 16.5 Å². The molecule has 1 aromatic heterocycles. The van der Waals surface area contributed by atoms with Crippen LogP contribution in [-0.4, -0.2) is 22.2 Å². The van der Waals surface area contributed by atoms with E-state index < -0.39 is 12.1 Å². The Kier molecular flexibility index (Phi) is 4.81. The second kappa shape index (κ2) is 7.56. The first-order valence-electron chi connectivity index (χ1n) is 9.19. The molecule has 0 fully saturated rings. The normalized spacial score (nSPS) is 12.0. The highest BCUT2D eigenvalue weighted by atomic mass is 16.5. The zero-order chi connectivity index (χ0) is 19.5. The van der Waals surface area contributed by atoms with Gasteiger partial charge in [0.05, 0.1) is 16.7 Å². The molecule has 0 spiro atoms. The van der Waals surface area contributed by atoms with Crippen molar-refractivity contribution in [2.24, 2.45) is 0 Å². The Morgan fingerprint density at radius 3 is 2.07 bits per heavy atom. The summed E-state index contributed by atoms with van der Waals surface area (Å²) in [7, 11) is 0. The van der Waals surface area contributed by atoms with Crippen LogP contribution in [0.1, 0.15) is 13.3 Å². The van der Waals surface area contributed by atoms with E-state index in [2.05, 4.69) is 5.32 Å². The van der Waals surface area contributed by atoms with Gasteiger partial charge in [0.15, 0.2) is 6.10 Å². The molecule has 4 rings (SSSR count). The monoisotopic (exact) mass is 372 g/mol. The van der Waals surface area contributed by atoms with E-state index in [9.17, 15) is 4.79 Å². The Bertz CT molecular complexity index is 1090. The fourth-order valence-corrected chi connectivity index (χ4v) is 3.21. The molecule has 0 radical (unpaired) electrons. The molecule has 140 valence electrons. The van der Waals surface area contributed by atoms with E-state index in [-0.39, 0.29) is 0 Å². The third-order valence-corrected chi connectivity index (χ3v) is 4.64. The summed E-state index contributed by atoms with van der Waals surface area (Å²) in [5.41, 5.74) is 3.73. The number of rotatable bonds is 6. The summed E-state index contributed by atoms with van der Waals surface area (Å²) in [5.74, 6) is -0.427. The maximum atomic E-state index is 11.1. The molecule has 0 saturated heterocycles. The van der Waals surface area contributed by atoms with Crippen molar-refractivity contribution in [3.8, 4) is 5.75 Å². The van der Waals surface area contributed by atoms with E-state index in [1.807, 2.05) is 60.7 Å². The topological polar surface area (TPSA) is 71.5 Å². The zero-order valence-corrected chi connectivity index (χ0v) is 15.4. The minimum Gasteiger partial charge on any atom is -0.479 e. The molecule has 3 aromatic carbocycles. The Labute approximate surface area is 162 Å². The van der Waals surface area contributed by atoms with Crippen LogP contribution in [0.25, 0.3) is 21.8 Å². The van der Waals surface area contributed by atoms with Gasteiger partial charge in [-0.05, 0) is 42.8 Å². The molecule has 4 aromatic rings. The summed E-state index contributed by atoms with van der Waals surface area (Å²) in [4.78, 5) is 15.9. The standard InChI is InChI=1S/C23H20N2O3/c1-2-21(23(26)27)28-16-13-11-15(12-14-16)24-22-17-7-3-5-9-19(17)25-20-10-6-4-8-18(20)22/h3-14,21H,2H2,1H3,(H,24,25)(H,26,27). The second-order valence-electron chi connectivity index (χ2n) is 6.52. The molecule has 0 aliphatic carbocycles. The van der Waals surface area contributed by atoms with Crippen molar-refractivity contribution in [2.45, 2.75) is 19.4 Å². The van der Waals surface area contributed by atoms with Gasteiger partial charge in [-0.3, -0.25) is 0 Å². The van der Waals surface area contributed by atoms with Crippen molar-refractivity contribution in [2.75, 3.05) is 5.32 Å². The van der Waals surface area contributed by atoms with Gasteiger partial charge in [-0.25, -0.2) is 9.78 Å². The maximum absolute atomic E-state index is 11.1. The number of nitrogens with one attached hydrogen (secondary N) is 1. The van der Waals surface area contributed by atoms with Crippen LogP contribution in [0.15, 0.2) is 72.8 Å². The van der Waals surface area contributed by atoms with E-state index in [1.54, 1.807) is 19.1 Å². The first-order valence-corrected chi connectivity index (χ1v) is 9.19. The van der Waals surface area contributed by atoms with Gasteiger partial charge in [0.2, 0.25) is 0 Å². The van der Waals surface area contributed by atoms with Crippen LogP contribution in [0.3, 0.4) is 0 Å². The molecule has 1 atom stereocenters. The second-order valence-corrected chi connectivity index (χ2v) is 6.52. The summed E-state index contributed by atoms with van der Waals surface area (Å²) in [5, 5.41) is 14.7. The number of carboxylic acid groups (broad SMARTS) is 1. The van der Waals surface area contributed by atoms with Gasteiger partial charge in [0.1, 0.15) is 5.75 Å². The highest BCUT2D eigenvalue weighted by Gasteiger charge is 2.16. The minimum atomic E-state index is -0.959. The smallest absolute Gasteiger partial charge is 0.344 e. The van der Waals surface area contributed by atoms with Crippen LogP contribution >= 0.6 is 0 Å². The molecule has 0 amide bonds. The lowest BCUT2D eigenvalue weighted by Crippen LogP contribution is -2.25. The van der Waals surface area contributed by atoms with E-state index in [0.717, 1.165) is 33.2 Å². The first-order chi connectivity index (χ1) is 13.7. The molecule has 0 aliphatic heterocycles. The number of carboxylic acids is 1. The van der Waals surface area contributed by atoms with Gasteiger partial charge >= 0.3 is 5.97 Å². The van der Waals surface area contributed by atoms with Crippen LogP contribution in [0.2, 0.25) is 0 Å². The molecule has 28 heavy (non-hydrogen) atoms. The first kappa shape index (κ1) is 17.8. The van der Waals surface area contributed by atoms with E-state index in [4.69, 9.17) is 14.8 Å². The van der Waals surface area contributed by atoms with Crippen molar-refractivity contribution >= 4 is 39.1 Å². The number of hydrogen-bond acceptors (Lipinski definition) is 4. The number of aliphatic carboxylic acids is 1. The number of para-hydroxylation sites is 2. The molecule has 2 N–H and O–H groups in total. The number of hydrogen-bond donors (Lipinski definition) is 2. The predicted molar refractivity (Wildman–Crippen MR) is 111 cm³/mol. The van der Waals surface area contributed by atoms with Gasteiger partial charge < -0.3 is 15.2 Å². The molecule has 0 saturated carbocycles. The quantitative estimate of drug-likeness (QED) is 0.445. The highest BCUT2D eigenvalue weighted by Crippen LogP contribution is 2.33. The summed E-state index contributed by atoms with van der Waals surface area (Å²) in [6.45, 7) is 1.79. The molecular weight excluding hydrogens is 352 g/mol. The molecular formula is C23H20N2O3. The highest BCUT2D eigenvalue weighted by molar-refractivity contribution is 6.08. The predicted octanol–water partition coefficient (Wildman–Crippen LogP) is 5.37. The summed E-state index contributed by atoms with van der Waals surface area (Å²) >= 11 is 0. The number of aromatic nitrogens is 1. The third-order valence-electron chi connectivity index (χ3n) is 4.64. The molecule has 0 bridgehead atoms. The maximum Gasteiger partial charge on any atom is 0.344 e. The summed E-state index contributed by atoms with van der Waals surface area (Å²) < 4.78 is 5.53. The lowest BCUT2D eigenvalue weighted by molar-refractivity contribution is -0.145. The van der Waals surface area contributed by atoms with Crippen molar-refractivity contribution in [1.82, 2.24) is 4.98 Å². The van der Waals surface area contributed by atoms with E-state index in [1.165, 1.54) is 0 Å². The van der Waals surface area contributed by atoms with Crippen LogP contribution in [0, 0.1) is 0 Å². The summed E-state index contributed by atoms with van der Waals surface area (Å²) in [6, 6.07) is 23.4.